The zero-order chi connectivity index (χ0) is 21.2. The Balaban J connectivity index is 1.71. The third-order valence-electron chi connectivity index (χ3n) is 4.71. The Hall–Kier alpha value is -2.27. The van der Waals surface area contributed by atoms with Crippen LogP contribution in [-0.4, -0.2) is 58.5 Å². The molecule has 29 heavy (non-hydrogen) atoms. The highest BCUT2D eigenvalue weighted by molar-refractivity contribution is 7.89. The van der Waals surface area contributed by atoms with Crippen LogP contribution in [0.15, 0.2) is 58.3 Å². The van der Waals surface area contributed by atoms with E-state index < -0.39 is 26.0 Å². The fourth-order valence-electron chi connectivity index (χ4n) is 2.98. The number of carbonyl (C=O) groups is 1. The van der Waals surface area contributed by atoms with E-state index in [1.54, 1.807) is 0 Å². The number of carbonyl (C=O) groups excluding carboxylic acids is 1. The molecular formula is C19H23N3O5S2. The summed E-state index contributed by atoms with van der Waals surface area (Å²) in [6, 6.07) is 11.6. The van der Waals surface area contributed by atoms with Crippen molar-refractivity contribution >= 4 is 31.6 Å². The van der Waals surface area contributed by atoms with Crippen molar-refractivity contribution in [1.82, 2.24) is 8.61 Å². The summed E-state index contributed by atoms with van der Waals surface area (Å²) >= 11 is 0. The fourth-order valence-corrected chi connectivity index (χ4v) is 5.40. The second-order valence-electron chi connectivity index (χ2n) is 6.90. The summed E-state index contributed by atoms with van der Waals surface area (Å²) in [5.41, 5.74) is 0.733. The van der Waals surface area contributed by atoms with Crippen LogP contribution < -0.4 is 5.32 Å². The summed E-state index contributed by atoms with van der Waals surface area (Å²) in [4.78, 5) is 12.7. The van der Waals surface area contributed by atoms with Crippen LogP contribution in [0.25, 0.3) is 0 Å². The average Bonchev–Trinajstić information content (AvgIpc) is 3.24. The standard InChI is InChI=1S/C19H23N3O5S2/c1-21(2)28(24,25)17-11-7-16(8-12-17)20-19(23)15-5-9-18(10-6-15)29(26,27)22-13-3-4-14-22/h5-12H,3-4,13-14H2,1-2H3,(H,20,23). The van der Waals surface area contributed by atoms with Crippen LogP contribution in [0.3, 0.4) is 0 Å². The number of amides is 1. The first-order chi connectivity index (χ1) is 13.6. The van der Waals surface area contributed by atoms with Gasteiger partial charge in [0.15, 0.2) is 0 Å². The zero-order valence-corrected chi connectivity index (χ0v) is 17.8. The molecule has 10 heteroatoms. The summed E-state index contributed by atoms with van der Waals surface area (Å²) in [6.45, 7) is 1.04. The molecule has 1 fully saturated rings. The van der Waals surface area contributed by atoms with E-state index >= 15 is 0 Å². The van der Waals surface area contributed by atoms with Gasteiger partial charge in [-0.25, -0.2) is 21.1 Å². The molecule has 1 heterocycles. The summed E-state index contributed by atoms with van der Waals surface area (Å²) < 4.78 is 51.8. The second kappa shape index (κ2) is 8.23. The van der Waals surface area contributed by atoms with Gasteiger partial charge in [0.2, 0.25) is 20.0 Å². The fraction of sp³-hybridized carbons (Fsp3) is 0.316. The summed E-state index contributed by atoms with van der Waals surface area (Å²) in [5.74, 6) is -0.418. The van der Waals surface area contributed by atoms with Gasteiger partial charge in [0.1, 0.15) is 0 Å². The molecule has 0 aromatic heterocycles. The van der Waals surface area contributed by atoms with Crippen molar-refractivity contribution in [2.75, 3.05) is 32.5 Å². The van der Waals surface area contributed by atoms with Gasteiger partial charge in [-0.1, -0.05) is 0 Å². The first kappa shape index (κ1) is 21.4. The lowest BCUT2D eigenvalue weighted by atomic mass is 10.2. The van der Waals surface area contributed by atoms with Crippen molar-refractivity contribution in [3.8, 4) is 0 Å². The number of anilines is 1. The van der Waals surface area contributed by atoms with Gasteiger partial charge in [-0.2, -0.15) is 4.31 Å². The first-order valence-electron chi connectivity index (χ1n) is 9.06. The lowest BCUT2D eigenvalue weighted by molar-refractivity contribution is 0.102. The Labute approximate surface area is 171 Å². The first-order valence-corrected chi connectivity index (χ1v) is 11.9. The summed E-state index contributed by atoms with van der Waals surface area (Å²) in [6.07, 6.45) is 1.71. The van der Waals surface area contributed by atoms with Gasteiger partial charge in [0, 0.05) is 38.4 Å². The van der Waals surface area contributed by atoms with Gasteiger partial charge < -0.3 is 5.32 Å². The number of nitrogens with one attached hydrogen (secondary N) is 1. The van der Waals surface area contributed by atoms with Crippen molar-refractivity contribution in [1.29, 1.82) is 0 Å². The van der Waals surface area contributed by atoms with Crippen molar-refractivity contribution in [3.05, 3.63) is 54.1 Å². The zero-order valence-electron chi connectivity index (χ0n) is 16.2. The van der Waals surface area contributed by atoms with Crippen LogP contribution in [0, 0.1) is 0 Å². The molecule has 1 amide bonds. The molecule has 1 saturated heterocycles. The Morgan fingerprint density at radius 1 is 0.862 bits per heavy atom. The van der Waals surface area contributed by atoms with E-state index in [-0.39, 0.29) is 9.79 Å². The van der Waals surface area contributed by atoms with Gasteiger partial charge in [0.05, 0.1) is 9.79 Å². The van der Waals surface area contributed by atoms with E-state index in [0.717, 1.165) is 17.1 Å². The average molecular weight is 438 g/mol. The van der Waals surface area contributed by atoms with E-state index in [0.29, 0.717) is 24.3 Å². The van der Waals surface area contributed by atoms with Crippen molar-refractivity contribution in [2.24, 2.45) is 0 Å². The van der Waals surface area contributed by atoms with Gasteiger partial charge >= 0.3 is 0 Å². The molecule has 1 aliphatic heterocycles. The van der Waals surface area contributed by atoms with Crippen LogP contribution >= 0.6 is 0 Å². The van der Waals surface area contributed by atoms with Crippen LogP contribution in [0.1, 0.15) is 23.2 Å². The van der Waals surface area contributed by atoms with E-state index in [9.17, 15) is 21.6 Å². The molecule has 3 rings (SSSR count). The summed E-state index contributed by atoms with van der Waals surface area (Å²) in [5, 5.41) is 2.67. The number of benzene rings is 2. The lowest BCUT2D eigenvalue weighted by Gasteiger charge is -2.15. The third kappa shape index (κ3) is 4.50. The SMILES string of the molecule is CN(C)S(=O)(=O)c1ccc(NC(=O)c2ccc(S(=O)(=O)N3CCCC3)cc2)cc1. The molecule has 0 unspecified atom stereocenters. The molecule has 156 valence electrons. The molecule has 0 spiro atoms. The normalized spacial score (nSPS) is 15.6. The molecule has 2 aromatic rings. The van der Waals surface area contributed by atoms with Gasteiger partial charge in [-0.05, 0) is 61.4 Å². The molecule has 1 N–H and O–H groups in total. The number of sulfonamides is 2. The number of nitrogens with zero attached hydrogens (tertiary/aromatic N) is 2. The molecule has 0 aliphatic carbocycles. The topological polar surface area (TPSA) is 104 Å². The highest BCUT2D eigenvalue weighted by Crippen LogP contribution is 2.22. The molecule has 0 saturated carbocycles. The minimum Gasteiger partial charge on any atom is -0.322 e. The predicted molar refractivity (Wildman–Crippen MR) is 110 cm³/mol. The van der Waals surface area contributed by atoms with Crippen LogP contribution in [0.5, 0.6) is 0 Å². The minimum absolute atomic E-state index is 0.122. The molecule has 0 radical (unpaired) electrons. The van der Waals surface area contributed by atoms with Crippen LogP contribution in [0.4, 0.5) is 5.69 Å². The Bertz CT molecular complexity index is 1090. The Kier molecular flexibility index (Phi) is 6.08. The maximum absolute atomic E-state index is 12.5. The van der Waals surface area contributed by atoms with Crippen LogP contribution in [-0.2, 0) is 20.0 Å². The third-order valence-corrected chi connectivity index (χ3v) is 8.45. The van der Waals surface area contributed by atoms with Crippen molar-refractivity contribution < 1.29 is 21.6 Å². The molecule has 0 bridgehead atoms. The monoisotopic (exact) mass is 437 g/mol. The van der Waals surface area contributed by atoms with Gasteiger partial charge in [0.25, 0.3) is 5.91 Å². The lowest BCUT2D eigenvalue weighted by Crippen LogP contribution is -2.27. The highest BCUT2D eigenvalue weighted by Gasteiger charge is 2.27. The predicted octanol–water partition coefficient (Wildman–Crippen LogP) is 1.97. The van der Waals surface area contributed by atoms with Crippen molar-refractivity contribution in [3.63, 3.8) is 0 Å². The Morgan fingerprint density at radius 3 is 1.90 bits per heavy atom. The van der Waals surface area contributed by atoms with E-state index in [1.807, 2.05) is 0 Å². The largest absolute Gasteiger partial charge is 0.322 e. The molecule has 8 nitrogen and oxygen atoms in total. The number of rotatable bonds is 6. The number of hydrogen-bond donors (Lipinski definition) is 1. The molecular weight excluding hydrogens is 414 g/mol. The molecule has 2 aromatic carbocycles. The smallest absolute Gasteiger partial charge is 0.255 e. The second-order valence-corrected chi connectivity index (χ2v) is 11.0. The quantitative estimate of drug-likeness (QED) is 0.744. The minimum atomic E-state index is -3.54. The maximum atomic E-state index is 12.5. The Morgan fingerprint density at radius 2 is 1.38 bits per heavy atom. The molecule has 1 aliphatic rings. The van der Waals surface area contributed by atoms with Crippen molar-refractivity contribution in [2.45, 2.75) is 22.6 Å². The van der Waals surface area contributed by atoms with Gasteiger partial charge in [-0.3, -0.25) is 4.79 Å². The van der Waals surface area contributed by atoms with Gasteiger partial charge in [-0.15, -0.1) is 0 Å². The highest BCUT2D eigenvalue weighted by atomic mass is 32.2. The van der Waals surface area contributed by atoms with Crippen LogP contribution in [0.2, 0.25) is 0 Å². The van der Waals surface area contributed by atoms with E-state index in [1.165, 1.54) is 66.9 Å². The number of hydrogen-bond acceptors (Lipinski definition) is 5. The van der Waals surface area contributed by atoms with E-state index in [4.69, 9.17) is 0 Å². The van der Waals surface area contributed by atoms with E-state index in [2.05, 4.69) is 5.32 Å². The summed E-state index contributed by atoms with van der Waals surface area (Å²) in [7, 11) is -4.18. The molecule has 0 atom stereocenters. The maximum Gasteiger partial charge on any atom is 0.255 e.